The highest BCUT2D eigenvalue weighted by Gasteiger charge is 2.39. The lowest BCUT2D eigenvalue weighted by Crippen LogP contribution is -2.32. The quantitative estimate of drug-likeness (QED) is 0.618. The number of rotatable bonds is 2. The second-order valence-electron chi connectivity index (χ2n) is 4.91. The van der Waals surface area contributed by atoms with Gasteiger partial charge in [-0.05, 0) is 31.6 Å². The van der Waals surface area contributed by atoms with Crippen molar-refractivity contribution in [3.8, 4) is 0 Å². The molecule has 0 spiro atoms. The fourth-order valence-corrected chi connectivity index (χ4v) is 1.79. The van der Waals surface area contributed by atoms with E-state index in [9.17, 15) is 0 Å². The molecule has 0 aromatic rings. The highest BCUT2D eigenvalue weighted by Crippen LogP contribution is 2.38. The van der Waals surface area contributed by atoms with Gasteiger partial charge in [0.15, 0.2) is 0 Å². The molecule has 0 N–H and O–H groups in total. The van der Waals surface area contributed by atoms with E-state index in [0.29, 0.717) is 17.9 Å². The Morgan fingerprint density at radius 1 is 1.25 bits per heavy atom. The molecule has 0 aromatic carbocycles. The normalized spacial score (nSPS) is 36.8. The Bertz CT molecular complexity index is 151. The van der Waals surface area contributed by atoms with E-state index in [1.54, 1.807) is 0 Å². The first-order chi connectivity index (χ1) is 5.46. The molecule has 2 atom stereocenters. The molecule has 1 nitrogen and oxygen atoms in total. The first-order valence-corrected chi connectivity index (χ1v) is 5.13. The van der Waals surface area contributed by atoms with Crippen molar-refractivity contribution in [2.24, 2.45) is 11.8 Å². The minimum Gasteiger partial charge on any atom is -0.372 e. The van der Waals surface area contributed by atoms with Gasteiger partial charge in [0, 0.05) is 0 Å². The van der Waals surface area contributed by atoms with Gasteiger partial charge in [0.1, 0.15) is 0 Å². The molecule has 0 radical (unpaired) electrons. The van der Waals surface area contributed by atoms with Crippen LogP contribution in [0, 0.1) is 11.8 Å². The van der Waals surface area contributed by atoms with Crippen LogP contribution in [0.4, 0.5) is 0 Å². The van der Waals surface area contributed by atoms with Gasteiger partial charge >= 0.3 is 0 Å². The topological polar surface area (TPSA) is 9.23 Å². The zero-order valence-electron chi connectivity index (χ0n) is 9.05. The molecule has 0 saturated carbocycles. The summed E-state index contributed by atoms with van der Waals surface area (Å²) in [7, 11) is 0. The third-order valence-electron chi connectivity index (χ3n) is 3.31. The maximum absolute atomic E-state index is 6.07. The smallest absolute Gasteiger partial charge is 0.0682 e. The van der Waals surface area contributed by atoms with Crippen LogP contribution in [-0.2, 0) is 4.74 Å². The van der Waals surface area contributed by atoms with Crippen molar-refractivity contribution in [2.45, 2.75) is 59.2 Å². The Labute approximate surface area is 76.5 Å². The maximum Gasteiger partial charge on any atom is 0.0682 e. The van der Waals surface area contributed by atoms with Gasteiger partial charge in [0.05, 0.1) is 11.7 Å². The van der Waals surface area contributed by atoms with E-state index in [2.05, 4.69) is 34.6 Å². The van der Waals surface area contributed by atoms with Crippen LogP contribution in [0.15, 0.2) is 0 Å². The summed E-state index contributed by atoms with van der Waals surface area (Å²) < 4.78 is 6.07. The lowest BCUT2D eigenvalue weighted by molar-refractivity contribution is -0.0725. The molecule has 1 saturated heterocycles. The van der Waals surface area contributed by atoms with Crippen LogP contribution in [0.5, 0.6) is 0 Å². The summed E-state index contributed by atoms with van der Waals surface area (Å²) >= 11 is 0. The second-order valence-corrected chi connectivity index (χ2v) is 4.91. The summed E-state index contributed by atoms with van der Waals surface area (Å²) in [5.74, 6) is 1.31. The third kappa shape index (κ3) is 1.82. The first kappa shape index (κ1) is 10.0. The van der Waals surface area contributed by atoms with Gasteiger partial charge in [-0.25, -0.2) is 0 Å². The number of hydrogen-bond acceptors (Lipinski definition) is 1. The Balaban J connectivity index is 2.55. The highest BCUT2D eigenvalue weighted by molar-refractivity contribution is 4.88. The van der Waals surface area contributed by atoms with Gasteiger partial charge in [-0.15, -0.1) is 0 Å². The molecule has 0 bridgehead atoms. The van der Waals surface area contributed by atoms with E-state index in [0.717, 1.165) is 0 Å². The zero-order valence-corrected chi connectivity index (χ0v) is 9.05. The van der Waals surface area contributed by atoms with Gasteiger partial charge in [-0.1, -0.05) is 27.7 Å². The van der Waals surface area contributed by atoms with Crippen molar-refractivity contribution < 1.29 is 4.74 Å². The largest absolute Gasteiger partial charge is 0.372 e. The molecule has 72 valence electrons. The van der Waals surface area contributed by atoms with Crippen LogP contribution in [0.25, 0.3) is 0 Å². The van der Waals surface area contributed by atoms with E-state index in [1.807, 2.05) is 0 Å². The summed E-state index contributed by atoms with van der Waals surface area (Å²) in [6.45, 7) is 11.2. The molecule has 1 aliphatic rings. The summed E-state index contributed by atoms with van der Waals surface area (Å²) in [5.41, 5.74) is 0.148. The van der Waals surface area contributed by atoms with Gasteiger partial charge in [-0.3, -0.25) is 0 Å². The molecule has 0 aliphatic carbocycles. The molecule has 1 rings (SSSR count). The maximum atomic E-state index is 6.07. The lowest BCUT2D eigenvalue weighted by atomic mass is 9.89. The van der Waals surface area contributed by atoms with Crippen LogP contribution < -0.4 is 0 Å². The zero-order chi connectivity index (χ0) is 9.35. The Hall–Kier alpha value is -0.0400. The van der Waals surface area contributed by atoms with Crippen LogP contribution >= 0.6 is 0 Å². The second kappa shape index (κ2) is 3.37. The molecule has 1 heterocycles. The minimum atomic E-state index is 0.148. The summed E-state index contributed by atoms with van der Waals surface area (Å²) in [6, 6.07) is 0. The number of hydrogen-bond donors (Lipinski definition) is 0. The van der Waals surface area contributed by atoms with Crippen LogP contribution in [0.2, 0.25) is 0 Å². The predicted octanol–water partition coefficient (Wildman–Crippen LogP) is 3.24. The van der Waals surface area contributed by atoms with Gasteiger partial charge in [0.2, 0.25) is 0 Å². The van der Waals surface area contributed by atoms with Gasteiger partial charge in [-0.2, -0.15) is 0 Å². The Morgan fingerprint density at radius 3 is 2.08 bits per heavy atom. The highest BCUT2D eigenvalue weighted by atomic mass is 16.5. The molecule has 1 fully saturated rings. The minimum absolute atomic E-state index is 0.148. The van der Waals surface area contributed by atoms with E-state index in [-0.39, 0.29) is 5.60 Å². The number of ether oxygens (including phenoxy) is 1. The van der Waals surface area contributed by atoms with Crippen molar-refractivity contribution in [1.29, 1.82) is 0 Å². The fraction of sp³-hybridized carbons (Fsp3) is 1.00. The van der Waals surface area contributed by atoms with Crippen LogP contribution in [0.3, 0.4) is 0 Å². The van der Waals surface area contributed by atoms with Crippen LogP contribution in [-0.4, -0.2) is 11.7 Å². The Morgan fingerprint density at radius 2 is 1.83 bits per heavy atom. The van der Waals surface area contributed by atoms with Crippen molar-refractivity contribution >= 4 is 0 Å². The monoisotopic (exact) mass is 170 g/mol. The third-order valence-corrected chi connectivity index (χ3v) is 3.31. The SMILES string of the molecule is CC(C)[C@@H]1CC[C@](C)(C(C)C)O1. The van der Waals surface area contributed by atoms with Crippen molar-refractivity contribution in [2.75, 3.05) is 0 Å². The van der Waals surface area contributed by atoms with Crippen molar-refractivity contribution in [3.05, 3.63) is 0 Å². The lowest BCUT2D eigenvalue weighted by Gasteiger charge is -2.30. The van der Waals surface area contributed by atoms with Crippen molar-refractivity contribution in [3.63, 3.8) is 0 Å². The molecule has 12 heavy (non-hydrogen) atoms. The molecule has 0 unspecified atom stereocenters. The summed E-state index contributed by atoms with van der Waals surface area (Å²) in [4.78, 5) is 0. The molecular formula is C11H22O. The predicted molar refractivity (Wildman–Crippen MR) is 52.2 cm³/mol. The van der Waals surface area contributed by atoms with Gasteiger partial charge < -0.3 is 4.74 Å². The summed E-state index contributed by atoms with van der Waals surface area (Å²) in [5, 5.41) is 0. The van der Waals surface area contributed by atoms with E-state index >= 15 is 0 Å². The standard InChI is InChI=1S/C11H22O/c1-8(2)10-6-7-11(5,12-10)9(3)4/h8-10H,6-7H2,1-5H3/t10-,11+/m0/s1. The molecular weight excluding hydrogens is 148 g/mol. The fourth-order valence-electron chi connectivity index (χ4n) is 1.79. The average molecular weight is 170 g/mol. The van der Waals surface area contributed by atoms with Crippen LogP contribution in [0.1, 0.15) is 47.5 Å². The van der Waals surface area contributed by atoms with Gasteiger partial charge in [0.25, 0.3) is 0 Å². The van der Waals surface area contributed by atoms with Crippen molar-refractivity contribution in [1.82, 2.24) is 0 Å². The average Bonchev–Trinajstić information content (AvgIpc) is 2.33. The summed E-state index contributed by atoms with van der Waals surface area (Å²) in [6.07, 6.45) is 2.97. The molecule has 0 amide bonds. The molecule has 1 aliphatic heterocycles. The first-order valence-electron chi connectivity index (χ1n) is 5.13. The van der Waals surface area contributed by atoms with E-state index < -0.39 is 0 Å². The molecule has 1 heteroatoms. The molecule has 0 aromatic heterocycles. The van der Waals surface area contributed by atoms with E-state index in [4.69, 9.17) is 4.74 Å². The van der Waals surface area contributed by atoms with E-state index in [1.165, 1.54) is 12.8 Å². The Kier molecular flexibility index (Phi) is 2.82.